The predicted octanol–water partition coefficient (Wildman–Crippen LogP) is 3.35. The molecule has 1 aliphatic heterocycles. The second kappa shape index (κ2) is 7.68. The van der Waals surface area contributed by atoms with Crippen molar-refractivity contribution < 1.29 is 4.79 Å². The summed E-state index contributed by atoms with van der Waals surface area (Å²) in [6.07, 6.45) is 7.48. The molecule has 0 N–H and O–H groups in total. The molecule has 2 aromatic heterocycles. The molecule has 3 heterocycles. The van der Waals surface area contributed by atoms with E-state index in [1.807, 2.05) is 48.2 Å². The van der Waals surface area contributed by atoms with Gasteiger partial charge in [-0.15, -0.1) is 0 Å². The Morgan fingerprint density at radius 1 is 1.24 bits per heavy atom. The number of nitrogens with zero attached hydrogens (tertiary/aromatic N) is 5. The van der Waals surface area contributed by atoms with Crippen molar-refractivity contribution in [2.45, 2.75) is 39.7 Å². The first kappa shape index (κ1) is 17.5. The molecule has 1 saturated heterocycles. The first-order valence-electron chi connectivity index (χ1n) is 9.13. The number of aryl methyl sites for hydroxylation is 1. The van der Waals surface area contributed by atoms with E-state index in [1.165, 1.54) is 0 Å². The molecule has 3 rings (SSSR count). The van der Waals surface area contributed by atoms with Crippen molar-refractivity contribution in [2.75, 3.05) is 26.2 Å². The zero-order valence-corrected chi connectivity index (χ0v) is 15.4. The van der Waals surface area contributed by atoms with Crippen LogP contribution in [0.1, 0.15) is 38.4 Å². The number of pyridine rings is 1. The van der Waals surface area contributed by atoms with Crippen LogP contribution in [-0.4, -0.2) is 56.5 Å². The highest BCUT2D eigenvalue weighted by Crippen LogP contribution is 2.30. The Balaban J connectivity index is 1.74. The Hall–Kier alpha value is -2.37. The van der Waals surface area contributed by atoms with Gasteiger partial charge < -0.3 is 14.4 Å². The van der Waals surface area contributed by atoms with Crippen LogP contribution in [0, 0.1) is 6.92 Å². The summed E-state index contributed by atoms with van der Waals surface area (Å²) in [6, 6.07) is 4.52. The second-order valence-electron chi connectivity index (χ2n) is 6.51. The fraction of sp³-hybridized carbons (Fsp3) is 0.526. The predicted molar refractivity (Wildman–Crippen MR) is 98.4 cm³/mol. The number of rotatable bonds is 4. The number of hydrogen-bond donors (Lipinski definition) is 0. The highest BCUT2D eigenvalue weighted by Gasteiger charge is 2.28. The van der Waals surface area contributed by atoms with Gasteiger partial charge in [-0.2, -0.15) is 0 Å². The molecule has 134 valence electrons. The molecule has 0 spiro atoms. The molecule has 0 aromatic carbocycles. The van der Waals surface area contributed by atoms with Crippen LogP contribution in [0.3, 0.4) is 0 Å². The summed E-state index contributed by atoms with van der Waals surface area (Å²) in [7, 11) is 0. The van der Waals surface area contributed by atoms with Gasteiger partial charge in [0, 0.05) is 62.1 Å². The Kier molecular flexibility index (Phi) is 5.36. The van der Waals surface area contributed by atoms with Crippen LogP contribution in [-0.2, 0) is 0 Å². The number of urea groups is 1. The second-order valence-corrected chi connectivity index (χ2v) is 6.51. The third-order valence-electron chi connectivity index (χ3n) is 5.04. The van der Waals surface area contributed by atoms with E-state index in [1.54, 1.807) is 6.20 Å². The zero-order chi connectivity index (χ0) is 17.8. The number of carbonyl (C=O) groups excluding carboxylic acids is 1. The lowest BCUT2D eigenvalue weighted by molar-refractivity contribution is 0.137. The lowest BCUT2D eigenvalue weighted by Gasteiger charge is -2.36. The maximum absolute atomic E-state index is 12.5. The maximum Gasteiger partial charge on any atom is 0.319 e. The van der Waals surface area contributed by atoms with Crippen molar-refractivity contribution in [3.63, 3.8) is 0 Å². The van der Waals surface area contributed by atoms with Gasteiger partial charge >= 0.3 is 6.03 Å². The quantitative estimate of drug-likeness (QED) is 0.857. The Labute approximate surface area is 149 Å². The first-order chi connectivity index (χ1) is 12.2. The summed E-state index contributed by atoms with van der Waals surface area (Å²) >= 11 is 0. The smallest absolute Gasteiger partial charge is 0.319 e. The van der Waals surface area contributed by atoms with E-state index in [-0.39, 0.29) is 6.03 Å². The van der Waals surface area contributed by atoms with Crippen molar-refractivity contribution >= 4 is 6.03 Å². The van der Waals surface area contributed by atoms with Gasteiger partial charge in [0.25, 0.3) is 0 Å². The molecule has 0 radical (unpaired) electrons. The minimum atomic E-state index is 0.165. The van der Waals surface area contributed by atoms with E-state index in [9.17, 15) is 4.79 Å². The van der Waals surface area contributed by atoms with Gasteiger partial charge in [0.05, 0.1) is 0 Å². The fourth-order valence-corrected chi connectivity index (χ4v) is 3.63. The molecule has 1 fully saturated rings. The number of hydrogen-bond acceptors (Lipinski definition) is 3. The summed E-state index contributed by atoms with van der Waals surface area (Å²) < 4.78 is 2.32. The summed E-state index contributed by atoms with van der Waals surface area (Å²) in [5.74, 6) is 0.971. The summed E-state index contributed by atoms with van der Waals surface area (Å²) in [6.45, 7) is 9.28. The topological polar surface area (TPSA) is 54.3 Å². The van der Waals surface area contributed by atoms with E-state index in [0.29, 0.717) is 6.04 Å². The van der Waals surface area contributed by atoms with E-state index >= 15 is 0 Å². The maximum atomic E-state index is 12.5. The van der Waals surface area contributed by atoms with Crippen LogP contribution in [0.2, 0.25) is 0 Å². The number of amides is 2. The molecule has 0 atom stereocenters. The van der Waals surface area contributed by atoms with E-state index in [4.69, 9.17) is 0 Å². The molecule has 0 unspecified atom stereocenters. The number of piperidine rings is 1. The van der Waals surface area contributed by atoms with Crippen LogP contribution in [0.4, 0.5) is 4.79 Å². The van der Waals surface area contributed by atoms with Crippen LogP contribution in [0.5, 0.6) is 0 Å². The average Bonchev–Trinajstić information content (AvgIpc) is 3.05. The molecule has 0 aliphatic carbocycles. The standard InChI is InChI=1S/C19H27N5O/c1-4-22(5-2)19(25)23-11-8-17(9-12-23)24-15(3)13-21-18(24)16-7-6-10-20-14-16/h6-7,10,13-14,17H,4-5,8-9,11-12H2,1-3H3. The van der Waals surface area contributed by atoms with Gasteiger partial charge in [0.1, 0.15) is 5.82 Å². The largest absolute Gasteiger partial charge is 0.325 e. The molecule has 1 aliphatic rings. The molecule has 6 nitrogen and oxygen atoms in total. The molecular weight excluding hydrogens is 314 g/mol. The van der Waals surface area contributed by atoms with Crippen molar-refractivity contribution in [3.05, 3.63) is 36.4 Å². The highest BCUT2D eigenvalue weighted by atomic mass is 16.2. The first-order valence-corrected chi connectivity index (χ1v) is 9.13. The molecule has 2 amide bonds. The molecule has 25 heavy (non-hydrogen) atoms. The Morgan fingerprint density at radius 3 is 2.56 bits per heavy atom. The fourth-order valence-electron chi connectivity index (χ4n) is 3.63. The van der Waals surface area contributed by atoms with Crippen LogP contribution < -0.4 is 0 Å². The molecule has 2 aromatic rings. The SMILES string of the molecule is CCN(CC)C(=O)N1CCC(n2c(C)cnc2-c2cccnc2)CC1. The van der Waals surface area contributed by atoms with Crippen molar-refractivity contribution in [1.82, 2.24) is 24.3 Å². The van der Waals surface area contributed by atoms with Crippen molar-refractivity contribution in [2.24, 2.45) is 0 Å². The molecular formula is C19H27N5O. The Bertz CT molecular complexity index is 700. The van der Waals surface area contributed by atoms with Gasteiger partial charge in [-0.1, -0.05) is 0 Å². The lowest BCUT2D eigenvalue weighted by Crippen LogP contribution is -2.46. The van der Waals surface area contributed by atoms with E-state index in [2.05, 4.69) is 21.5 Å². The molecule has 0 bridgehead atoms. The van der Waals surface area contributed by atoms with Gasteiger partial charge in [0.15, 0.2) is 0 Å². The summed E-state index contributed by atoms with van der Waals surface area (Å²) in [5, 5.41) is 0. The van der Waals surface area contributed by atoms with Crippen LogP contribution in [0.25, 0.3) is 11.4 Å². The minimum absolute atomic E-state index is 0.165. The van der Waals surface area contributed by atoms with Crippen LogP contribution in [0.15, 0.2) is 30.7 Å². The number of imidazole rings is 1. The van der Waals surface area contributed by atoms with Gasteiger partial charge in [-0.25, -0.2) is 9.78 Å². The number of likely N-dealkylation sites (tertiary alicyclic amines) is 1. The number of carbonyl (C=O) groups is 1. The Morgan fingerprint density at radius 2 is 1.96 bits per heavy atom. The van der Waals surface area contributed by atoms with Crippen molar-refractivity contribution in [3.8, 4) is 11.4 Å². The number of aromatic nitrogens is 3. The molecule has 6 heteroatoms. The van der Waals surface area contributed by atoms with Gasteiger partial charge in [-0.3, -0.25) is 4.98 Å². The van der Waals surface area contributed by atoms with Gasteiger partial charge in [-0.05, 0) is 45.7 Å². The van der Waals surface area contributed by atoms with Crippen molar-refractivity contribution in [1.29, 1.82) is 0 Å². The third-order valence-corrected chi connectivity index (χ3v) is 5.04. The lowest BCUT2D eigenvalue weighted by atomic mass is 10.0. The monoisotopic (exact) mass is 341 g/mol. The zero-order valence-electron chi connectivity index (χ0n) is 15.4. The van der Waals surface area contributed by atoms with E-state index in [0.717, 1.165) is 56.1 Å². The summed E-state index contributed by atoms with van der Waals surface area (Å²) in [5.41, 5.74) is 2.20. The third kappa shape index (κ3) is 3.52. The molecule has 0 saturated carbocycles. The minimum Gasteiger partial charge on any atom is -0.325 e. The highest BCUT2D eigenvalue weighted by molar-refractivity contribution is 5.74. The van der Waals surface area contributed by atoms with Crippen LogP contribution >= 0.6 is 0 Å². The normalized spacial score (nSPS) is 15.4. The summed E-state index contributed by atoms with van der Waals surface area (Å²) in [4.78, 5) is 25.2. The van der Waals surface area contributed by atoms with Gasteiger partial charge in [0.2, 0.25) is 0 Å². The van der Waals surface area contributed by atoms with E-state index < -0.39 is 0 Å². The average molecular weight is 341 g/mol.